The van der Waals surface area contributed by atoms with E-state index in [1.54, 1.807) is 18.0 Å². The summed E-state index contributed by atoms with van der Waals surface area (Å²) >= 11 is 0. The molecule has 1 aromatic carbocycles. The first-order valence-corrected chi connectivity index (χ1v) is 10.2. The predicted molar refractivity (Wildman–Crippen MR) is 117 cm³/mol. The molecule has 0 unspecified atom stereocenters. The van der Waals surface area contributed by atoms with Gasteiger partial charge in [-0.25, -0.2) is 4.98 Å². The van der Waals surface area contributed by atoms with Gasteiger partial charge >= 0.3 is 0 Å². The standard InChI is InChI=1S/C22H24N6O3/c1-3-4-9-22(26-27-22)10-8-18(29)23-11-5-12-28-14-24-19-16-13-15(31-2)6-7-17(16)25-20(19)21(28)30/h1,6-7,13-14,25H,4-5,8-12H2,2H3,(H,23,29). The third-order valence-electron chi connectivity index (χ3n) is 5.48. The highest BCUT2D eigenvalue weighted by atomic mass is 16.5. The predicted octanol–water partition coefficient (Wildman–Crippen LogP) is 2.75. The van der Waals surface area contributed by atoms with Crippen molar-refractivity contribution in [3.8, 4) is 18.1 Å². The molecule has 0 saturated heterocycles. The van der Waals surface area contributed by atoms with Crippen molar-refractivity contribution in [3.63, 3.8) is 0 Å². The lowest BCUT2D eigenvalue weighted by atomic mass is 10.0. The quantitative estimate of drug-likeness (QED) is 0.388. The number of aromatic nitrogens is 3. The Labute approximate surface area is 178 Å². The molecule has 0 bridgehead atoms. The summed E-state index contributed by atoms with van der Waals surface area (Å²) in [5.74, 6) is 3.23. The Hall–Kier alpha value is -3.67. The Bertz CT molecular complexity index is 1240. The van der Waals surface area contributed by atoms with E-state index in [2.05, 4.69) is 31.4 Å². The van der Waals surface area contributed by atoms with Crippen molar-refractivity contribution in [2.75, 3.05) is 13.7 Å². The van der Waals surface area contributed by atoms with Crippen LogP contribution in [0, 0.1) is 12.3 Å². The highest BCUT2D eigenvalue weighted by molar-refractivity contribution is 6.04. The van der Waals surface area contributed by atoms with Crippen LogP contribution in [0.3, 0.4) is 0 Å². The summed E-state index contributed by atoms with van der Waals surface area (Å²) in [5.41, 5.74) is 1.34. The zero-order chi connectivity index (χ0) is 21.8. The molecule has 0 atom stereocenters. The van der Waals surface area contributed by atoms with Crippen LogP contribution in [0.2, 0.25) is 0 Å². The van der Waals surface area contributed by atoms with E-state index in [0.717, 1.165) is 10.9 Å². The lowest BCUT2D eigenvalue weighted by Crippen LogP contribution is -2.28. The second kappa shape index (κ2) is 8.60. The number of carbonyl (C=O) groups is 1. The van der Waals surface area contributed by atoms with Crippen LogP contribution in [0.15, 0.2) is 39.5 Å². The number of terminal acetylenes is 1. The number of aryl methyl sites for hydroxylation is 1. The van der Waals surface area contributed by atoms with E-state index in [1.165, 1.54) is 0 Å². The molecule has 0 radical (unpaired) electrons. The summed E-state index contributed by atoms with van der Waals surface area (Å²) in [4.78, 5) is 32.5. The van der Waals surface area contributed by atoms with E-state index in [-0.39, 0.29) is 11.5 Å². The minimum Gasteiger partial charge on any atom is -0.497 e. The molecule has 1 amide bonds. The molecular weight excluding hydrogens is 396 g/mol. The molecule has 1 aliphatic rings. The third kappa shape index (κ3) is 4.43. The summed E-state index contributed by atoms with van der Waals surface area (Å²) in [6, 6.07) is 5.56. The number of nitrogens with one attached hydrogen (secondary N) is 2. The first-order chi connectivity index (χ1) is 15.0. The number of carbonyl (C=O) groups excluding carboxylic acids is 1. The zero-order valence-electron chi connectivity index (χ0n) is 17.4. The van der Waals surface area contributed by atoms with E-state index < -0.39 is 5.66 Å². The van der Waals surface area contributed by atoms with Crippen molar-refractivity contribution in [1.29, 1.82) is 0 Å². The molecule has 2 N–H and O–H groups in total. The molecular formula is C22H24N6O3. The topological polar surface area (TPSA) is 114 Å². The second-order valence-electron chi connectivity index (χ2n) is 7.59. The van der Waals surface area contributed by atoms with Gasteiger partial charge in [0.1, 0.15) is 16.8 Å². The van der Waals surface area contributed by atoms with Crippen LogP contribution in [0.25, 0.3) is 21.9 Å². The number of methoxy groups -OCH3 is 1. The van der Waals surface area contributed by atoms with E-state index in [9.17, 15) is 9.59 Å². The van der Waals surface area contributed by atoms with Crippen molar-refractivity contribution < 1.29 is 9.53 Å². The molecule has 3 aromatic rings. The number of ether oxygens (including phenoxy) is 1. The average molecular weight is 420 g/mol. The summed E-state index contributed by atoms with van der Waals surface area (Å²) in [6.07, 6.45) is 9.65. The summed E-state index contributed by atoms with van der Waals surface area (Å²) < 4.78 is 6.81. The van der Waals surface area contributed by atoms with Gasteiger partial charge in [0.15, 0.2) is 5.66 Å². The Morgan fingerprint density at radius 2 is 2.19 bits per heavy atom. The van der Waals surface area contributed by atoms with E-state index in [0.29, 0.717) is 62.0 Å². The van der Waals surface area contributed by atoms with Crippen LogP contribution >= 0.6 is 0 Å². The third-order valence-corrected chi connectivity index (χ3v) is 5.48. The SMILES string of the molecule is C#CCCC1(CCC(=O)NCCCn2cnc3c([nH]c4ccc(OC)cc43)c2=O)N=N1. The number of fused-ring (bicyclic) bond motifs is 3. The smallest absolute Gasteiger partial charge is 0.277 e. The van der Waals surface area contributed by atoms with Gasteiger partial charge in [0.25, 0.3) is 5.56 Å². The summed E-state index contributed by atoms with van der Waals surface area (Å²) in [7, 11) is 1.60. The van der Waals surface area contributed by atoms with Crippen LogP contribution in [0.4, 0.5) is 0 Å². The molecule has 0 aliphatic carbocycles. The Kier molecular flexibility index (Phi) is 5.71. The maximum atomic E-state index is 12.8. The molecule has 0 saturated carbocycles. The van der Waals surface area contributed by atoms with Gasteiger partial charge in [-0.15, -0.1) is 12.3 Å². The van der Waals surface area contributed by atoms with Crippen LogP contribution in [0.1, 0.15) is 32.1 Å². The molecule has 160 valence electrons. The maximum Gasteiger partial charge on any atom is 0.277 e. The van der Waals surface area contributed by atoms with Crippen LogP contribution in [-0.4, -0.2) is 39.8 Å². The minimum absolute atomic E-state index is 0.0529. The lowest BCUT2D eigenvalue weighted by molar-refractivity contribution is -0.121. The van der Waals surface area contributed by atoms with Gasteiger partial charge in [-0.2, -0.15) is 10.2 Å². The highest BCUT2D eigenvalue weighted by Gasteiger charge is 2.39. The van der Waals surface area contributed by atoms with Crippen molar-refractivity contribution in [1.82, 2.24) is 19.9 Å². The largest absolute Gasteiger partial charge is 0.497 e. The van der Waals surface area contributed by atoms with Gasteiger partial charge in [0, 0.05) is 49.7 Å². The van der Waals surface area contributed by atoms with Gasteiger partial charge in [0.05, 0.1) is 13.4 Å². The lowest BCUT2D eigenvalue weighted by Gasteiger charge is -2.09. The second-order valence-corrected chi connectivity index (χ2v) is 7.59. The number of benzene rings is 1. The first kappa shape index (κ1) is 20.6. The van der Waals surface area contributed by atoms with Crippen molar-refractivity contribution in [2.24, 2.45) is 10.2 Å². The summed E-state index contributed by atoms with van der Waals surface area (Å²) in [6.45, 7) is 0.927. The Morgan fingerprint density at radius 1 is 1.35 bits per heavy atom. The number of hydrogen-bond donors (Lipinski definition) is 2. The fourth-order valence-electron chi connectivity index (χ4n) is 3.60. The molecule has 3 heterocycles. The van der Waals surface area contributed by atoms with Gasteiger partial charge < -0.3 is 15.0 Å². The number of nitrogens with zero attached hydrogens (tertiary/aromatic N) is 4. The molecule has 2 aromatic heterocycles. The number of amides is 1. The average Bonchev–Trinajstić information content (AvgIpc) is 3.47. The summed E-state index contributed by atoms with van der Waals surface area (Å²) in [5, 5.41) is 11.8. The van der Waals surface area contributed by atoms with Crippen molar-refractivity contribution >= 4 is 27.8 Å². The van der Waals surface area contributed by atoms with Crippen LogP contribution in [0.5, 0.6) is 5.75 Å². The molecule has 9 heteroatoms. The monoisotopic (exact) mass is 420 g/mol. The minimum atomic E-state index is -0.443. The molecule has 0 fully saturated rings. The molecule has 31 heavy (non-hydrogen) atoms. The van der Waals surface area contributed by atoms with Crippen LogP contribution < -0.4 is 15.6 Å². The van der Waals surface area contributed by atoms with E-state index in [4.69, 9.17) is 11.2 Å². The van der Waals surface area contributed by atoms with Gasteiger partial charge in [-0.1, -0.05) is 0 Å². The Morgan fingerprint density at radius 3 is 2.94 bits per heavy atom. The zero-order valence-corrected chi connectivity index (χ0v) is 17.4. The molecule has 9 nitrogen and oxygen atoms in total. The molecule has 1 aliphatic heterocycles. The number of aromatic amines is 1. The normalized spacial score (nSPS) is 13.9. The van der Waals surface area contributed by atoms with Gasteiger partial charge in [-0.05, 0) is 24.6 Å². The van der Waals surface area contributed by atoms with E-state index >= 15 is 0 Å². The number of hydrogen-bond acceptors (Lipinski definition) is 6. The number of H-pyrrole nitrogens is 1. The number of rotatable bonds is 10. The highest BCUT2D eigenvalue weighted by Crippen LogP contribution is 2.37. The van der Waals surface area contributed by atoms with Gasteiger partial charge in [-0.3, -0.25) is 14.2 Å². The first-order valence-electron chi connectivity index (χ1n) is 10.2. The molecule has 4 rings (SSSR count). The fourth-order valence-corrected chi connectivity index (χ4v) is 3.60. The molecule has 0 spiro atoms. The van der Waals surface area contributed by atoms with E-state index in [1.807, 2.05) is 18.2 Å². The Balaban J connectivity index is 1.31. The van der Waals surface area contributed by atoms with Gasteiger partial charge in [0.2, 0.25) is 5.91 Å². The van der Waals surface area contributed by atoms with Crippen LogP contribution in [-0.2, 0) is 11.3 Å². The van der Waals surface area contributed by atoms with Crippen molar-refractivity contribution in [3.05, 3.63) is 34.9 Å². The van der Waals surface area contributed by atoms with Crippen molar-refractivity contribution in [2.45, 2.75) is 44.3 Å². The fraction of sp³-hybridized carbons (Fsp3) is 0.409. The maximum absolute atomic E-state index is 12.8.